The van der Waals surface area contributed by atoms with Crippen molar-refractivity contribution in [2.24, 2.45) is 0 Å². The number of rotatable bonds is 1. The maximum Gasteiger partial charge on any atom is 0.131 e. The van der Waals surface area contributed by atoms with Crippen LogP contribution in [-0.4, -0.2) is 9.55 Å². The van der Waals surface area contributed by atoms with Gasteiger partial charge in [-0.2, -0.15) is 0 Å². The maximum absolute atomic E-state index is 6.28. The molecule has 2 N–H and O–H groups in total. The van der Waals surface area contributed by atoms with Gasteiger partial charge in [-0.15, -0.1) is 0 Å². The molecule has 0 aliphatic carbocycles. The molecule has 0 radical (unpaired) electrons. The number of anilines is 1. The van der Waals surface area contributed by atoms with E-state index in [1.807, 2.05) is 0 Å². The molecule has 3 heteroatoms. The molecule has 0 saturated heterocycles. The molecule has 94 valence electrons. The van der Waals surface area contributed by atoms with Crippen molar-refractivity contribution in [3.05, 3.63) is 35.2 Å². The van der Waals surface area contributed by atoms with Crippen LogP contribution in [0.25, 0.3) is 11.3 Å². The van der Waals surface area contributed by atoms with Crippen molar-refractivity contribution in [1.29, 1.82) is 0 Å². The number of benzene rings is 1. The smallest absolute Gasteiger partial charge is 0.131 e. The van der Waals surface area contributed by atoms with E-state index in [2.05, 4.69) is 36.6 Å². The number of hydrogen-bond donors (Lipinski definition) is 1. The molecule has 0 fully saturated rings. The maximum atomic E-state index is 6.28. The Morgan fingerprint density at radius 3 is 2.83 bits per heavy atom. The van der Waals surface area contributed by atoms with Gasteiger partial charge in [0, 0.05) is 18.5 Å². The number of aryl methyl sites for hydroxylation is 3. The molecule has 2 aromatic rings. The second-order valence-electron chi connectivity index (χ2n) is 5.19. The van der Waals surface area contributed by atoms with Gasteiger partial charge in [0.1, 0.15) is 17.3 Å². The molecule has 0 amide bonds. The van der Waals surface area contributed by atoms with E-state index >= 15 is 0 Å². The van der Waals surface area contributed by atoms with Crippen LogP contribution in [0.15, 0.2) is 18.2 Å². The van der Waals surface area contributed by atoms with Gasteiger partial charge in [0.05, 0.1) is 0 Å². The lowest BCUT2D eigenvalue weighted by Crippen LogP contribution is -2.12. The highest BCUT2D eigenvalue weighted by Crippen LogP contribution is 2.31. The predicted octanol–water partition coefficient (Wildman–Crippen LogP) is 3.09. The minimum atomic E-state index is 0.832. The summed E-state index contributed by atoms with van der Waals surface area (Å²) in [5.74, 6) is 1.98. The Morgan fingerprint density at radius 1 is 1.22 bits per heavy atom. The highest BCUT2D eigenvalue weighted by molar-refractivity contribution is 5.74. The Kier molecular flexibility index (Phi) is 2.62. The van der Waals surface area contributed by atoms with Gasteiger partial charge in [0.2, 0.25) is 0 Å². The summed E-state index contributed by atoms with van der Waals surface area (Å²) in [7, 11) is 0. The Balaban J connectivity index is 2.17. The van der Waals surface area contributed by atoms with E-state index in [0.29, 0.717) is 0 Å². The number of aromatic nitrogens is 2. The third-order valence-electron chi connectivity index (χ3n) is 3.77. The average Bonchev–Trinajstić information content (AvgIpc) is 2.71. The molecule has 18 heavy (non-hydrogen) atoms. The van der Waals surface area contributed by atoms with Crippen LogP contribution >= 0.6 is 0 Å². The van der Waals surface area contributed by atoms with E-state index in [-0.39, 0.29) is 0 Å². The summed E-state index contributed by atoms with van der Waals surface area (Å²) in [5.41, 5.74) is 10.9. The number of nitrogens with zero attached hydrogens (tertiary/aromatic N) is 2. The predicted molar refractivity (Wildman–Crippen MR) is 74.5 cm³/mol. The fourth-order valence-electron chi connectivity index (χ4n) is 2.70. The van der Waals surface area contributed by atoms with Crippen LogP contribution in [-0.2, 0) is 13.0 Å². The zero-order chi connectivity index (χ0) is 12.7. The third-order valence-corrected chi connectivity index (χ3v) is 3.77. The van der Waals surface area contributed by atoms with Gasteiger partial charge in [0.25, 0.3) is 0 Å². The normalized spacial score (nSPS) is 14.6. The standard InChI is InChI=1S/C15H19N3/c1-10-6-7-11(2)12(9-10)14-15(16)18-8-4-3-5-13(18)17-14/h6-7,9H,3-5,8,16H2,1-2H3. The van der Waals surface area contributed by atoms with E-state index in [1.165, 1.54) is 29.5 Å². The Bertz CT molecular complexity index is 596. The second kappa shape index (κ2) is 4.16. The monoisotopic (exact) mass is 241 g/mol. The molecule has 1 aromatic heterocycles. The van der Waals surface area contributed by atoms with Crippen molar-refractivity contribution >= 4 is 5.82 Å². The average molecular weight is 241 g/mol. The van der Waals surface area contributed by atoms with Crippen LogP contribution in [0.3, 0.4) is 0 Å². The number of hydrogen-bond acceptors (Lipinski definition) is 2. The summed E-state index contributed by atoms with van der Waals surface area (Å²) in [6.45, 7) is 5.24. The van der Waals surface area contributed by atoms with Crippen LogP contribution in [0.2, 0.25) is 0 Å². The largest absolute Gasteiger partial charge is 0.383 e. The van der Waals surface area contributed by atoms with Crippen molar-refractivity contribution in [3.63, 3.8) is 0 Å². The topological polar surface area (TPSA) is 43.8 Å². The highest BCUT2D eigenvalue weighted by atomic mass is 15.1. The van der Waals surface area contributed by atoms with E-state index in [1.54, 1.807) is 0 Å². The third kappa shape index (κ3) is 1.70. The minimum Gasteiger partial charge on any atom is -0.383 e. The summed E-state index contributed by atoms with van der Waals surface area (Å²) in [4.78, 5) is 4.76. The van der Waals surface area contributed by atoms with E-state index in [9.17, 15) is 0 Å². The molecule has 3 nitrogen and oxygen atoms in total. The number of fused-ring (bicyclic) bond motifs is 1. The Hall–Kier alpha value is -1.77. The fraction of sp³-hybridized carbons (Fsp3) is 0.400. The van der Waals surface area contributed by atoms with Gasteiger partial charge < -0.3 is 10.3 Å². The van der Waals surface area contributed by atoms with Crippen molar-refractivity contribution in [2.75, 3.05) is 5.73 Å². The van der Waals surface area contributed by atoms with E-state index in [0.717, 1.165) is 30.3 Å². The molecule has 1 aliphatic heterocycles. The Labute approximate surface area is 108 Å². The zero-order valence-electron chi connectivity index (χ0n) is 11.0. The van der Waals surface area contributed by atoms with Gasteiger partial charge in [-0.05, 0) is 38.3 Å². The molecular weight excluding hydrogens is 222 g/mol. The van der Waals surface area contributed by atoms with Gasteiger partial charge in [0.15, 0.2) is 0 Å². The van der Waals surface area contributed by atoms with Crippen molar-refractivity contribution in [2.45, 2.75) is 39.7 Å². The van der Waals surface area contributed by atoms with Crippen molar-refractivity contribution < 1.29 is 0 Å². The lowest BCUT2D eigenvalue weighted by Gasteiger charge is -2.14. The Morgan fingerprint density at radius 2 is 2.06 bits per heavy atom. The first kappa shape index (κ1) is 11.3. The minimum absolute atomic E-state index is 0.832. The second-order valence-corrected chi connectivity index (χ2v) is 5.19. The van der Waals surface area contributed by atoms with Crippen LogP contribution < -0.4 is 5.73 Å². The molecule has 1 aliphatic rings. The summed E-state index contributed by atoms with van der Waals surface area (Å²) in [6.07, 6.45) is 3.48. The first-order valence-electron chi connectivity index (χ1n) is 6.59. The number of imidazole rings is 1. The molecule has 1 aromatic carbocycles. The van der Waals surface area contributed by atoms with E-state index in [4.69, 9.17) is 10.7 Å². The number of nitrogen functional groups attached to an aromatic ring is 1. The highest BCUT2D eigenvalue weighted by Gasteiger charge is 2.19. The van der Waals surface area contributed by atoms with Crippen LogP contribution in [0.1, 0.15) is 29.8 Å². The summed E-state index contributed by atoms with van der Waals surface area (Å²) >= 11 is 0. The van der Waals surface area contributed by atoms with Gasteiger partial charge in [-0.3, -0.25) is 0 Å². The zero-order valence-corrected chi connectivity index (χ0v) is 11.0. The molecule has 0 bridgehead atoms. The number of nitrogens with two attached hydrogens (primary N) is 1. The molecule has 3 rings (SSSR count). The molecule has 0 spiro atoms. The first-order valence-corrected chi connectivity index (χ1v) is 6.59. The van der Waals surface area contributed by atoms with Gasteiger partial charge in [-0.1, -0.05) is 17.7 Å². The lowest BCUT2D eigenvalue weighted by atomic mass is 10.0. The summed E-state index contributed by atoms with van der Waals surface area (Å²) in [6, 6.07) is 6.45. The van der Waals surface area contributed by atoms with Crippen LogP contribution in [0.5, 0.6) is 0 Å². The van der Waals surface area contributed by atoms with Crippen LogP contribution in [0.4, 0.5) is 5.82 Å². The summed E-state index contributed by atoms with van der Waals surface area (Å²) in [5, 5.41) is 0. The fourth-order valence-corrected chi connectivity index (χ4v) is 2.70. The molecule has 0 saturated carbocycles. The van der Waals surface area contributed by atoms with Gasteiger partial charge in [-0.25, -0.2) is 4.98 Å². The molecule has 0 atom stereocenters. The SMILES string of the molecule is Cc1ccc(C)c(-c2nc3n(c2N)CCCC3)c1. The van der Waals surface area contributed by atoms with Crippen LogP contribution in [0, 0.1) is 13.8 Å². The van der Waals surface area contributed by atoms with Crippen molar-refractivity contribution in [1.82, 2.24) is 9.55 Å². The quantitative estimate of drug-likeness (QED) is 0.833. The first-order chi connectivity index (χ1) is 8.66. The van der Waals surface area contributed by atoms with E-state index < -0.39 is 0 Å². The van der Waals surface area contributed by atoms with Gasteiger partial charge >= 0.3 is 0 Å². The lowest BCUT2D eigenvalue weighted by molar-refractivity contribution is 0.527. The molecule has 2 heterocycles. The summed E-state index contributed by atoms with van der Waals surface area (Å²) < 4.78 is 2.18. The molecular formula is C15H19N3. The van der Waals surface area contributed by atoms with Crippen molar-refractivity contribution in [3.8, 4) is 11.3 Å². The molecule has 0 unspecified atom stereocenters.